The van der Waals surface area contributed by atoms with Gasteiger partial charge in [-0.05, 0) is 29.8 Å². The standard InChI is InChI=1S/C27H18N4OS3/c32-23(30-19-10-6-9-18(13-19)25-31-21-11-4-5-12-22(21)35-25)15-34-27-24-20(17-7-2-1-3-8-17)14-33-26(24)28-16-29-27/h1-14,16H,15H2,(H,30,32). The molecule has 3 heterocycles. The number of thiophene rings is 1. The number of amides is 1. The fourth-order valence-corrected chi connectivity index (χ4v) is 6.60. The number of hydrogen-bond acceptors (Lipinski definition) is 7. The van der Waals surface area contributed by atoms with Crippen molar-refractivity contribution in [1.29, 1.82) is 0 Å². The fourth-order valence-electron chi connectivity index (χ4n) is 3.84. The summed E-state index contributed by atoms with van der Waals surface area (Å²) in [6, 6.07) is 26.1. The van der Waals surface area contributed by atoms with Crippen LogP contribution in [-0.2, 0) is 4.79 Å². The van der Waals surface area contributed by atoms with Crippen molar-refractivity contribution in [3.63, 3.8) is 0 Å². The summed E-state index contributed by atoms with van der Waals surface area (Å²) in [5.74, 6) is 0.168. The molecule has 1 N–H and O–H groups in total. The molecule has 0 saturated carbocycles. The largest absolute Gasteiger partial charge is 0.325 e. The average molecular weight is 511 g/mol. The van der Waals surface area contributed by atoms with Crippen molar-refractivity contribution >= 4 is 66.5 Å². The lowest BCUT2D eigenvalue weighted by Crippen LogP contribution is -2.14. The van der Waals surface area contributed by atoms with E-state index in [9.17, 15) is 4.79 Å². The average Bonchev–Trinajstić information content (AvgIpc) is 3.53. The Hall–Kier alpha value is -3.59. The summed E-state index contributed by atoms with van der Waals surface area (Å²) in [6.45, 7) is 0. The van der Waals surface area contributed by atoms with Gasteiger partial charge in [0.1, 0.15) is 21.2 Å². The van der Waals surface area contributed by atoms with Gasteiger partial charge >= 0.3 is 0 Å². The number of rotatable bonds is 6. The Balaban J connectivity index is 1.19. The van der Waals surface area contributed by atoms with E-state index in [0.29, 0.717) is 0 Å². The van der Waals surface area contributed by atoms with Crippen LogP contribution in [0.25, 0.3) is 42.1 Å². The number of para-hydroxylation sites is 1. The number of hydrogen-bond donors (Lipinski definition) is 1. The Bertz CT molecular complexity index is 1630. The molecule has 6 rings (SSSR count). The second kappa shape index (κ2) is 9.58. The number of benzene rings is 3. The molecule has 6 aromatic rings. The van der Waals surface area contributed by atoms with E-state index in [1.165, 1.54) is 11.8 Å². The molecule has 3 aromatic carbocycles. The molecular weight excluding hydrogens is 493 g/mol. The van der Waals surface area contributed by atoms with Crippen molar-refractivity contribution in [2.75, 3.05) is 11.1 Å². The first kappa shape index (κ1) is 21.9. The Morgan fingerprint density at radius 1 is 0.914 bits per heavy atom. The number of anilines is 1. The monoisotopic (exact) mass is 510 g/mol. The molecule has 0 bridgehead atoms. The van der Waals surface area contributed by atoms with E-state index in [-0.39, 0.29) is 11.7 Å². The maximum atomic E-state index is 12.8. The van der Waals surface area contributed by atoms with Crippen LogP contribution in [0.5, 0.6) is 0 Å². The van der Waals surface area contributed by atoms with Gasteiger partial charge in [0, 0.05) is 22.2 Å². The van der Waals surface area contributed by atoms with Crippen molar-refractivity contribution in [3.05, 3.63) is 90.6 Å². The smallest absolute Gasteiger partial charge is 0.234 e. The number of nitrogens with zero attached hydrogens (tertiary/aromatic N) is 3. The van der Waals surface area contributed by atoms with Gasteiger partial charge in [-0.1, -0.05) is 66.4 Å². The molecule has 0 unspecified atom stereocenters. The Morgan fingerprint density at radius 2 is 1.74 bits per heavy atom. The molecule has 8 heteroatoms. The number of thiazole rings is 1. The van der Waals surface area contributed by atoms with Crippen LogP contribution < -0.4 is 5.32 Å². The minimum absolute atomic E-state index is 0.0836. The number of carbonyl (C=O) groups excluding carboxylic acids is 1. The van der Waals surface area contributed by atoms with Crippen LogP contribution in [0, 0.1) is 0 Å². The van der Waals surface area contributed by atoms with Crippen LogP contribution in [0.1, 0.15) is 0 Å². The molecule has 35 heavy (non-hydrogen) atoms. The third-order valence-electron chi connectivity index (χ3n) is 5.45. The van der Waals surface area contributed by atoms with Crippen LogP contribution >= 0.6 is 34.4 Å². The maximum absolute atomic E-state index is 12.8. The molecule has 0 atom stereocenters. The Labute approximate surface area is 213 Å². The lowest BCUT2D eigenvalue weighted by atomic mass is 10.1. The second-order valence-electron chi connectivity index (χ2n) is 7.78. The molecule has 1 amide bonds. The summed E-state index contributed by atoms with van der Waals surface area (Å²) in [6.07, 6.45) is 1.56. The molecule has 5 nitrogen and oxygen atoms in total. The van der Waals surface area contributed by atoms with Gasteiger partial charge in [-0.25, -0.2) is 15.0 Å². The van der Waals surface area contributed by atoms with Gasteiger partial charge in [-0.2, -0.15) is 0 Å². The summed E-state index contributed by atoms with van der Waals surface area (Å²) in [7, 11) is 0. The summed E-state index contributed by atoms with van der Waals surface area (Å²) >= 11 is 4.66. The number of carbonyl (C=O) groups is 1. The SMILES string of the molecule is O=C(CSc1ncnc2scc(-c3ccccc3)c12)Nc1cccc(-c2nc3ccccc3s2)c1. The van der Waals surface area contributed by atoms with E-state index >= 15 is 0 Å². The molecule has 0 radical (unpaired) electrons. The molecule has 0 aliphatic heterocycles. The Kier molecular flexibility index (Phi) is 5.99. The van der Waals surface area contributed by atoms with Crippen molar-refractivity contribution in [3.8, 4) is 21.7 Å². The zero-order chi connectivity index (χ0) is 23.6. The molecule has 0 aliphatic rings. The zero-order valence-corrected chi connectivity index (χ0v) is 20.8. The van der Waals surface area contributed by atoms with Crippen LogP contribution in [0.2, 0.25) is 0 Å². The highest BCUT2D eigenvalue weighted by atomic mass is 32.2. The van der Waals surface area contributed by atoms with E-state index in [1.807, 2.05) is 60.7 Å². The van der Waals surface area contributed by atoms with Gasteiger partial charge in [-0.3, -0.25) is 4.79 Å². The number of fused-ring (bicyclic) bond motifs is 2. The van der Waals surface area contributed by atoms with Crippen molar-refractivity contribution in [1.82, 2.24) is 15.0 Å². The van der Waals surface area contributed by atoms with Crippen molar-refractivity contribution in [2.45, 2.75) is 5.03 Å². The highest BCUT2D eigenvalue weighted by Crippen LogP contribution is 2.38. The molecule has 0 fully saturated rings. The van der Waals surface area contributed by atoms with Crippen molar-refractivity contribution in [2.24, 2.45) is 0 Å². The predicted octanol–water partition coefficient (Wildman–Crippen LogP) is 7.37. The van der Waals surface area contributed by atoms with E-state index in [2.05, 4.69) is 38.9 Å². The minimum Gasteiger partial charge on any atom is -0.325 e. The first-order valence-corrected chi connectivity index (χ1v) is 13.6. The van der Waals surface area contributed by atoms with E-state index in [4.69, 9.17) is 4.98 Å². The van der Waals surface area contributed by atoms with E-state index in [1.54, 1.807) is 29.0 Å². The van der Waals surface area contributed by atoms with Gasteiger partial charge in [0.25, 0.3) is 0 Å². The summed E-state index contributed by atoms with van der Waals surface area (Å²) < 4.78 is 1.15. The summed E-state index contributed by atoms with van der Waals surface area (Å²) in [5, 5.41) is 7.87. The van der Waals surface area contributed by atoms with Gasteiger partial charge in [0.2, 0.25) is 5.91 Å². The molecule has 0 aliphatic carbocycles. The third-order valence-corrected chi connectivity index (χ3v) is 8.41. The maximum Gasteiger partial charge on any atom is 0.234 e. The van der Waals surface area contributed by atoms with Gasteiger partial charge in [0.15, 0.2) is 0 Å². The first-order valence-electron chi connectivity index (χ1n) is 10.9. The van der Waals surface area contributed by atoms with Crippen LogP contribution in [-0.4, -0.2) is 26.6 Å². The molecule has 0 saturated heterocycles. The van der Waals surface area contributed by atoms with Crippen molar-refractivity contribution < 1.29 is 4.79 Å². The quantitative estimate of drug-likeness (QED) is 0.187. The third kappa shape index (κ3) is 4.55. The predicted molar refractivity (Wildman–Crippen MR) is 147 cm³/mol. The summed E-state index contributed by atoms with van der Waals surface area (Å²) in [5.41, 5.74) is 4.93. The van der Waals surface area contributed by atoms with Gasteiger partial charge in [0.05, 0.1) is 21.4 Å². The molecule has 170 valence electrons. The fraction of sp³-hybridized carbons (Fsp3) is 0.0370. The normalized spacial score (nSPS) is 11.2. The lowest BCUT2D eigenvalue weighted by molar-refractivity contribution is -0.113. The Morgan fingerprint density at radius 3 is 2.63 bits per heavy atom. The zero-order valence-electron chi connectivity index (χ0n) is 18.3. The van der Waals surface area contributed by atoms with Gasteiger partial charge in [-0.15, -0.1) is 22.7 Å². The topological polar surface area (TPSA) is 67.8 Å². The lowest BCUT2D eigenvalue weighted by Gasteiger charge is -2.08. The highest BCUT2D eigenvalue weighted by Gasteiger charge is 2.15. The first-order chi connectivity index (χ1) is 17.2. The molecule has 0 spiro atoms. The molecule has 3 aromatic heterocycles. The highest BCUT2D eigenvalue weighted by molar-refractivity contribution is 8.00. The molecular formula is C27H18N4OS3. The number of thioether (sulfide) groups is 1. The van der Waals surface area contributed by atoms with E-state index in [0.717, 1.165) is 52.8 Å². The van der Waals surface area contributed by atoms with Gasteiger partial charge < -0.3 is 5.32 Å². The van der Waals surface area contributed by atoms with Crippen LogP contribution in [0.4, 0.5) is 5.69 Å². The minimum atomic E-state index is -0.0836. The number of aromatic nitrogens is 3. The van der Waals surface area contributed by atoms with Crippen LogP contribution in [0.15, 0.2) is 95.6 Å². The van der Waals surface area contributed by atoms with E-state index < -0.39 is 0 Å². The summed E-state index contributed by atoms with van der Waals surface area (Å²) in [4.78, 5) is 27.4. The number of nitrogens with one attached hydrogen (secondary N) is 1. The second-order valence-corrected chi connectivity index (χ2v) is 10.6. The van der Waals surface area contributed by atoms with Crippen LogP contribution in [0.3, 0.4) is 0 Å².